The Morgan fingerprint density at radius 1 is 0.429 bits per heavy atom. The van der Waals surface area contributed by atoms with Gasteiger partial charge >= 0.3 is 33.0 Å². The zero-order valence-corrected chi connectivity index (χ0v) is 4.84. The second-order valence-corrected chi connectivity index (χ2v) is 0. The van der Waals surface area contributed by atoms with E-state index in [1.807, 2.05) is 0 Å². The molecule has 7 heteroatoms. The van der Waals surface area contributed by atoms with Gasteiger partial charge in [-0.25, -0.2) is 0 Å². The Kier molecular flexibility index (Phi) is 30400. The Bertz CT molecular complexity index is 6.04. The molecule has 55 valence electrons. The zero-order chi connectivity index (χ0) is 0. The van der Waals surface area contributed by atoms with E-state index in [-0.39, 0.29) is 60.4 Å². The number of hydrogen-bond donors (Lipinski definition) is 0. The topological polar surface area (TPSA) is 150 Å². The molecule has 0 heterocycles. The van der Waals surface area contributed by atoms with Gasteiger partial charge in [0.2, 0.25) is 0 Å². The number of rotatable bonds is 0. The Morgan fingerprint density at radius 2 is 0.429 bits per heavy atom. The van der Waals surface area contributed by atoms with Crippen LogP contribution in [0.4, 0.5) is 0 Å². The third-order valence-corrected chi connectivity index (χ3v) is 0. The van der Waals surface area contributed by atoms with Crippen LogP contribution in [-0.4, -0.2) is 27.4 Å². The van der Waals surface area contributed by atoms with Crippen LogP contribution in [0, 0.1) is 0 Å². The van der Waals surface area contributed by atoms with Gasteiger partial charge in [-0.05, 0) is 0 Å². The van der Waals surface area contributed by atoms with E-state index in [0.29, 0.717) is 0 Å². The van der Waals surface area contributed by atoms with Crippen molar-refractivity contribution >= 4 is 0 Å². The van der Waals surface area contributed by atoms with Crippen LogP contribution in [0.25, 0.3) is 0 Å². The first-order valence-corrected chi connectivity index (χ1v) is 0. The molecule has 0 spiro atoms. The standard InChI is InChI=1S/2Ni.5H2O/h;;5*1H2/q+2;+3;;;;;/p-5. The minimum absolute atomic E-state index is 0. The summed E-state index contributed by atoms with van der Waals surface area (Å²) in [5.41, 5.74) is 0. The molecule has 7 heavy (non-hydrogen) atoms. The molecule has 5 N–H and O–H groups in total. The van der Waals surface area contributed by atoms with Crippen molar-refractivity contribution in [1.29, 1.82) is 0 Å². The van der Waals surface area contributed by atoms with Gasteiger partial charge in [0.05, 0.1) is 0 Å². The maximum Gasteiger partial charge on any atom is 3.00 e. The monoisotopic (exact) mass is 201 g/mol. The van der Waals surface area contributed by atoms with E-state index in [1.54, 1.807) is 0 Å². The molecule has 0 aromatic heterocycles. The summed E-state index contributed by atoms with van der Waals surface area (Å²) in [7, 11) is 0. The molecule has 0 aliphatic heterocycles. The first-order chi connectivity index (χ1) is 0. The molecule has 0 bridgehead atoms. The summed E-state index contributed by atoms with van der Waals surface area (Å²) in [6.07, 6.45) is 0. The third kappa shape index (κ3) is 251. The summed E-state index contributed by atoms with van der Waals surface area (Å²) in [5, 5.41) is 0. The molecule has 0 saturated heterocycles. The van der Waals surface area contributed by atoms with Gasteiger partial charge in [-0.15, -0.1) is 0 Å². The Hall–Kier alpha value is 0.787. The van der Waals surface area contributed by atoms with Crippen molar-refractivity contribution < 1.29 is 60.4 Å². The van der Waals surface area contributed by atoms with Crippen molar-refractivity contribution in [3.8, 4) is 0 Å². The fourth-order valence-corrected chi connectivity index (χ4v) is 0. The van der Waals surface area contributed by atoms with Crippen molar-refractivity contribution in [3.63, 3.8) is 0 Å². The molecule has 5 nitrogen and oxygen atoms in total. The van der Waals surface area contributed by atoms with E-state index in [0.717, 1.165) is 0 Å². The second-order valence-electron chi connectivity index (χ2n) is 0. The van der Waals surface area contributed by atoms with Gasteiger partial charge in [-0.3, -0.25) is 0 Å². The van der Waals surface area contributed by atoms with Crippen LogP contribution in [0.2, 0.25) is 0 Å². The molecule has 1 radical (unpaired) electrons. The van der Waals surface area contributed by atoms with Gasteiger partial charge in [0, 0.05) is 0 Å². The molecule has 0 amide bonds. The van der Waals surface area contributed by atoms with Crippen LogP contribution in [0.15, 0.2) is 0 Å². The Balaban J connectivity index is 0. The maximum absolute atomic E-state index is 0. The molecule has 0 fully saturated rings. The fourth-order valence-electron chi connectivity index (χ4n) is 0. The van der Waals surface area contributed by atoms with Crippen molar-refractivity contribution in [2.24, 2.45) is 0 Å². The van der Waals surface area contributed by atoms with Crippen molar-refractivity contribution in [3.05, 3.63) is 0 Å². The van der Waals surface area contributed by atoms with Gasteiger partial charge in [0.1, 0.15) is 0 Å². The average molecular weight is 202 g/mol. The van der Waals surface area contributed by atoms with E-state index in [1.165, 1.54) is 0 Å². The largest absolute Gasteiger partial charge is 3.00 e. The molecule has 0 aromatic carbocycles. The van der Waals surface area contributed by atoms with Crippen molar-refractivity contribution in [1.82, 2.24) is 0 Å². The van der Waals surface area contributed by atoms with Gasteiger partial charge in [0.15, 0.2) is 0 Å². The normalized spacial score (nSPS) is 0. The van der Waals surface area contributed by atoms with E-state index < -0.39 is 0 Å². The maximum atomic E-state index is 0. The van der Waals surface area contributed by atoms with Crippen LogP contribution >= 0.6 is 0 Å². The van der Waals surface area contributed by atoms with Gasteiger partial charge in [0.25, 0.3) is 0 Å². The molecular weight excluding hydrogens is 197 g/mol. The van der Waals surface area contributed by atoms with Crippen LogP contribution in [0.1, 0.15) is 0 Å². The minimum Gasteiger partial charge on any atom is -0.870 e. The van der Waals surface area contributed by atoms with Crippen LogP contribution in [0.3, 0.4) is 0 Å². The molecule has 0 aliphatic carbocycles. The quantitative estimate of drug-likeness (QED) is 0.467. The van der Waals surface area contributed by atoms with Gasteiger partial charge in [-0.2, -0.15) is 0 Å². The summed E-state index contributed by atoms with van der Waals surface area (Å²) in [6, 6.07) is 0. The van der Waals surface area contributed by atoms with Crippen molar-refractivity contribution in [2.45, 2.75) is 0 Å². The van der Waals surface area contributed by atoms with Gasteiger partial charge in [-0.1, -0.05) is 0 Å². The smallest absolute Gasteiger partial charge is 0.870 e. The Labute approximate surface area is 60.9 Å². The number of hydrogen-bond acceptors (Lipinski definition) is 5. The third-order valence-electron chi connectivity index (χ3n) is 0. The van der Waals surface area contributed by atoms with Crippen LogP contribution in [0.5, 0.6) is 0 Å². The van der Waals surface area contributed by atoms with Crippen molar-refractivity contribution in [2.75, 3.05) is 0 Å². The predicted molar refractivity (Wildman–Crippen MR) is 9.68 cm³/mol. The summed E-state index contributed by atoms with van der Waals surface area (Å²) >= 11 is 0. The van der Waals surface area contributed by atoms with E-state index in [2.05, 4.69) is 0 Å². The molecular formula is H5Ni2O5. The first kappa shape index (κ1) is 579. The van der Waals surface area contributed by atoms with Crippen LogP contribution in [-0.2, 0) is 33.0 Å². The van der Waals surface area contributed by atoms with E-state index >= 15 is 0 Å². The van der Waals surface area contributed by atoms with E-state index in [4.69, 9.17) is 0 Å². The molecule has 0 rings (SSSR count). The fraction of sp³-hybridized carbons (Fsp3) is 0. The summed E-state index contributed by atoms with van der Waals surface area (Å²) < 4.78 is 0. The second kappa shape index (κ2) is 367. The summed E-state index contributed by atoms with van der Waals surface area (Å²) in [5.74, 6) is 0. The molecule has 0 aromatic rings. The minimum atomic E-state index is 0. The Morgan fingerprint density at radius 3 is 0.429 bits per heavy atom. The summed E-state index contributed by atoms with van der Waals surface area (Å²) in [4.78, 5) is 0. The molecule has 0 unspecified atom stereocenters. The van der Waals surface area contributed by atoms with E-state index in [9.17, 15) is 0 Å². The zero-order valence-electron chi connectivity index (χ0n) is 2.87. The predicted octanol–water partition coefficient (Wildman–Crippen LogP) is -0.889. The summed E-state index contributed by atoms with van der Waals surface area (Å²) in [6.45, 7) is 0. The first-order valence-electron chi connectivity index (χ1n) is 0. The molecule has 0 saturated carbocycles. The van der Waals surface area contributed by atoms with Gasteiger partial charge < -0.3 is 27.4 Å². The van der Waals surface area contributed by atoms with Crippen LogP contribution < -0.4 is 0 Å². The average Bonchev–Trinajstić information content (AvgIpc) is 0. The SMILES string of the molecule is [Ni+2].[Ni+3].[OH-].[OH-].[OH-].[OH-].[OH-]. The molecule has 0 atom stereocenters. The molecule has 0 aliphatic rings.